The lowest BCUT2D eigenvalue weighted by atomic mass is 11.6. The van der Waals surface area contributed by atoms with Gasteiger partial charge < -0.3 is 0 Å². The van der Waals surface area contributed by atoms with Crippen molar-refractivity contribution >= 4 is 59.5 Å². The zero-order valence-corrected chi connectivity index (χ0v) is 17.4. The van der Waals surface area contributed by atoms with Crippen molar-refractivity contribution in [2.24, 2.45) is 0 Å². The highest BCUT2D eigenvalue weighted by atomic mass is 35.7. The summed E-state index contributed by atoms with van der Waals surface area (Å²) in [6, 6.07) is 0. The summed E-state index contributed by atoms with van der Waals surface area (Å²) in [5.74, 6) is 0. The van der Waals surface area contributed by atoms with E-state index in [0.717, 1.165) is 25.0 Å². The van der Waals surface area contributed by atoms with Crippen LogP contribution in [0, 0.1) is 0 Å². The van der Waals surface area contributed by atoms with Crippen LogP contribution in [0.2, 0.25) is 0 Å². The van der Waals surface area contributed by atoms with Crippen molar-refractivity contribution in [3.8, 4) is 0 Å². The van der Waals surface area contributed by atoms with Crippen molar-refractivity contribution < 1.29 is 33.7 Å². The minimum absolute atomic E-state index is 0. The van der Waals surface area contributed by atoms with Crippen molar-refractivity contribution in [2.75, 3.05) is 39.1 Å². The SMILES string of the molecule is C.C.CNS(C)(=O)=O.CNS(C)(=O)=O.CS(=O)(=O)Cl.CS(=O)(=O)Cl. The average Bonchev–Trinajstić information content (AvgIpc) is 2.11. The van der Waals surface area contributed by atoms with Gasteiger partial charge in [0.05, 0.1) is 25.0 Å². The molecule has 0 spiro atoms. The third kappa shape index (κ3) is 255. The molecule has 0 amide bonds. The highest BCUT2D eigenvalue weighted by molar-refractivity contribution is 8.13. The van der Waals surface area contributed by atoms with E-state index in [1.54, 1.807) is 0 Å². The lowest BCUT2D eigenvalue weighted by molar-refractivity contribution is 0.592. The fourth-order valence-electron chi connectivity index (χ4n) is 0. The number of hydrogen-bond acceptors (Lipinski definition) is 8. The Morgan fingerprint density at radius 3 is 0.583 bits per heavy atom. The molecule has 24 heavy (non-hydrogen) atoms. The van der Waals surface area contributed by atoms with E-state index < -0.39 is 38.1 Å². The maximum absolute atomic E-state index is 9.89. The van der Waals surface area contributed by atoms with Gasteiger partial charge in [-0.2, -0.15) is 0 Å². The van der Waals surface area contributed by atoms with E-state index in [0.29, 0.717) is 0 Å². The molecule has 0 aromatic carbocycles. The highest BCUT2D eigenvalue weighted by Gasteiger charge is 1.88. The third-order valence-corrected chi connectivity index (χ3v) is 2.22. The Morgan fingerprint density at radius 1 is 0.542 bits per heavy atom. The first-order valence-electron chi connectivity index (χ1n) is 4.68. The second-order valence-electron chi connectivity index (χ2n) is 3.32. The molecule has 0 atom stereocenters. The second-order valence-corrected chi connectivity index (χ2v) is 13.3. The molecule has 0 rings (SSSR count). The van der Waals surface area contributed by atoms with Crippen LogP contribution in [0.5, 0.6) is 0 Å². The molecule has 0 heterocycles. The van der Waals surface area contributed by atoms with Crippen LogP contribution >= 0.6 is 21.4 Å². The minimum Gasteiger partial charge on any atom is -0.219 e. The van der Waals surface area contributed by atoms with Gasteiger partial charge in [0.2, 0.25) is 38.1 Å². The van der Waals surface area contributed by atoms with E-state index in [-0.39, 0.29) is 14.9 Å². The number of hydrogen-bond donors (Lipinski definition) is 2. The minimum atomic E-state index is -3.19. The smallest absolute Gasteiger partial charge is 0.219 e. The fraction of sp³-hybridized carbons (Fsp3) is 1.00. The quantitative estimate of drug-likeness (QED) is 0.522. The molecule has 0 aliphatic carbocycles. The number of sulfonamides is 2. The van der Waals surface area contributed by atoms with Crippen molar-refractivity contribution in [2.45, 2.75) is 14.9 Å². The Hall–Kier alpha value is 0.300. The molecule has 0 aliphatic rings. The van der Waals surface area contributed by atoms with Gasteiger partial charge in [-0.1, -0.05) is 14.9 Å². The van der Waals surface area contributed by atoms with Gasteiger partial charge in [-0.25, -0.2) is 43.1 Å². The first-order chi connectivity index (χ1) is 9.12. The zero-order valence-electron chi connectivity index (χ0n) is 12.7. The van der Waals surface area contributed by atoms with E-state index in [2.05, 4.69) is 30.8 Å². The van der Waals surface area contributed by atoms with Crippen LogP contribution in [0.4, 0.5) is 0 Å². The van der Waals surface area contributed by atoms with Gasteiger partial charge in [0.1, 0.15) is 0 Å². The monoisotopic (exact) mass is 478 g/mol. The molecule has 0 fully saturated rings. The Kier molecular flexibility index (Phi) is 27.5. The molecule has 156 valence electrons. The predicted molar refractivity (Wildman–Crippen MR) is 103 cm³/mol. The van der Waals surface area contributed by atoms with Gasteiger partial charge in [0.15, 0.2) is 0 Å². The van der Waals surface area contributed by atoms with Crippen LogP contribution in [-0.2, 0) is 38.1 Å². The summed E-state index contributed by atoms with van der Waals surface area (Å²) in [5.41, 5.74) is 0. The Bertz CT molecular complexity index is 606. The van der Waals surface area contributed by atoms with Gasteiger partial charge in [-0.05, 0) is 14.1 Å². The Labute approximate surface area is 156 Å². The van der Waals surface area contributed by atoms with Crippen molar-refractivity contribution in [3.05, 3.63) is 0 Å². The largest absolute Gasteiger partial charge is 0.229 e. The lowest BCUT2D eigenvalue weighted by Crippen LogP contribution is -2.15. The van der Waals surface area contributed by atoms with Crippen molar-refractivity contribution in [3.63, 3.8) is 0 Å². The summed E-state index contributed by atoms with van der Waals surface area (Å²) in [7, 11) is -0.468. The first kappa shape index (κ1) is 39.4. The van der Waals surface area contributed by atoms with Crippen LogP contribution < -0.4 is 9.44 Å². The Balaban J connectivity index is -0.0000000439. The average molecular weight is 479 g/mol. The maximum Gasteiger partial charge on any atom is 0.229 e. The number of halogens is 2. The van der Waals surface area contributed by atoms with Gasteiger partial charge in [-0.15, -0.1) is 0 Å². The van der Waals surface area contributed by atoms with E-state index in [4.69, 9.17) is 0 Å². The topological polar surface area (TPSA) is 161 Å². The van der Waals surface area contributed by atoms with Crippen LogP contribution in [0.3, 0.4) is 0 Å². The van der Waals surface area contributed by atoms with Gasteiger partial charge in [-0.3, -0.25) is 0 Å². The molecule has 0 bridgehead atoms. The molecular weight excluding hydrogens is 451 g/mol. The van der Waals surface area contributed by atoms with Crippen molar-refractivity contribution in [1.82, 2.24) is 9.44 Å². The normalized spacial score (nSPS) is 10.7. The first-order valence-corrected chi connectivity index (χ1v) is 13.9. The highest BCUT2D eigenvalue weighted by Crippen LogP contribution is 1.84. The molecule has 0 saturated heterocycles. The molecule has 0 saturated carbocycles. The lowest BCUT2D eigenvalue weighted by Gasteiger charge is -1.85. The molecule has 0 radical (unpaired) electrons. The summed E-state index contributed by atoms with van der Waals surface area (Å²) < 4.78 is 81.3. The van der Waals surface area contributed by atoms with E-state index >= 15 is 0 Å². The molecular formula is C8H28Cl2N2O8S4. The van der Waals surface area contributed by atoms with Crippen LogP contribution in [0.15, 0.2) is 0 Å². The standard InChI is InChI=1S/2C2H7NO2S.2CH3ClO2S.2CH4/c2*1-3-6(2,4)5;2*1-5(2,3)4;;/h2*3H,1-2H3;2*1H3;2*1H4. The summed E-state index contributed by atoms with van der Waals surface area (Å²) in [4.78, 5) is 0. The van der Waals surface area contributed by atoms with Gasteiger partial charge in [0, 0.05) is 21.4 Å². The van der Waals surface area contributed by atoms with Crippen molar-refractivity contribution in [1.29, 1.82) is 0 Å². The molecule has 10 nitrogen and oxygen atoms in total. The zero-order chi connectivity index (χ0) is 19.4. The maximum atomic E-state index is 9.89. The summed E-state index contributed by atoms with van der Waals surface area (Å²) in [6.45, 7) is 0. The summed E-state index contributed by atoms with van der Waals surface area (Å²) in [6.07, 6.45) is 4.06. The summed E-state index contributed by atoms with van der Waals surface area (Å²) in [5, 5.41) is 0. The number of rotatable bonds is 2. The second kappa shape index (κ2) is 16.8. The molecule has 0 aromatic heterocycles. The predicted octanol–water partition coefficient (Wildman–Crippen LogP) is -0.0274. The molecule has 0 aliphatic heterocycles. The molecule has 2 N–H and O–H groups in total. The molecule has 0 unspecified atom stereocenters. The van der Waals surface area contributed by atoms with Crippen LogP contribution in [0.1, 0.15) is 14.9 Å². The van der Waals surface area contributed by atoms with E-state index in [1.807, 2.05) is 0 Å². The fourth-order valence-corrected chi connectivity index (χ4v) is 0. The number of nitrogens with one attached hydrogen (secondary N) is 2. The Morgan fingerprint density at radius 2 is 0.583 bits per heavy atom. The van der Waals surface area contributed by atoms with Gasteiger partial charge >= 0.3 is 0 Å². The molecule has 0 aromatic rings. The van der Waals surface area contributed by atoms with Crippen LogP contribution in [0.25, 0.3) is 0 Å². The summed E-state index contributed by atoms with van der Waals surface area (Å²) >= 11 is 0. The molecule has 16 heteroatoms. The van der Waals surface area contributed by atoms with Crippen LogP contribution in [-0.4, -0.2) is 72.8 Å². The van der Waals surface area contributed by atoms with Gasteiger partial charge in [0.25, 0.3) is 0 Å². The van der Waals surface area contributed by atoms with E-state index in [1.165, 1.54) is 14.1 Å². The third-order valence-electron chi connectivity index (χ3n) is 0.742. The van der Waals surface area contributed by atoms with E-state index in [9.17, 15) is 33.7 Å².